The molecule has 18 heavy (non-hydrogen) atoms. The van der Waals surface area contributed by atoms with Crippen molar-refractivity contribution in [3.05, 3.63) is 35.4 Å². The fraction of sp³-hybridized carbons (Fsp3) is 0.625. The van der Waals surface area contributed by atoms with Crippen LogP contribution in [-0.4, -0.2) is 19.6 Å². The Hall–Kier alpha value is -0.860. The summed E-state index contributed by atoms with van der Waals surface area (Å²) in [6, 6.07) is 9.30. The van der Waals surface area contributed by atoms with Crippen molar-refractivity contribution in [1.82, 2.24) is 10.6 Å². The molecular formula is C16H26N2. The van der Waals surface area contributed by atoms with Gasteiger partial charge in [0.25, 0.3) is 0 Å². The van der Waals surface area contributed by atoms with Crippen molar-refractivity contribution in [3.8, 4) is 0 Å². The molecule has 2 unspecified atom stereocenters. The molecule has 0 spiro atoms. The number of nitrogens with one attached hydrogen (secondary N) is 2. The lowest BCUT2D eigenvalue weighted by Crippen LogP contribution is -2.38. The number of rotatable bonds is 5. The van der Waals surface area contributed by atoms with Gasteiger partial charge in [0.1, 0.15) is 0 Å². The minimum Gasteiger partial charge on any atom is -0.315 e. The maximum absolute atomic E-state index is 3.62. The van der Waals surface area contributed by atoms with Gasteiger partial charge in [-0.25, -0.2) is 0 Å². The molecule has 0 aromatic heterocycles. The van der Waals surface area contributed by atoms with Crippen molar-refractivity contribution in [3.63, 3.8) is 0 Å². The molecule has 1 heterocycles. The molecule has 0 radical (unpaired) electrons. The van der Waals surface area contributed by atoms with Crippen LogP contribution < -0.4 is 10.6 Å². The van der Waals surface area contributed by atoms with Crippen molar-refractivity contribution < 1.29 is 0 Å². The lowest BCUT2D eigenvalue weighted by molar-refractivity contribution is 0.374. The van der Waals surface area contributed by atoms with Crippen LogP contribution in [-0.2, 0) is 6.42 Å². The van der Waals surface area contributed by atoms with Gasteiger partial charge in [0.15, 0.2) is 0 Å². The summed E-state index contributed by atoms with van der Waals surface area (Å²) in [5, 5.41) is 7.23. The van der Waals surface area contributed by atoms with E-state index in [2.05, 4.69) is 55.7 Å². The lowest BCUT2D eigenvalue weighted by Gasteiger charge is -2.28. The third-order valence-electron chi connectivity index (χ3n) is 4.17. The minimum absolute atomic E-state index is 0.481. The van der Waals surface area contributed by atoms with Crippen LogP contribution in [0.25, 0.3) is 0 Å². The number of hydrogen-bond donors (Lipinski definition) is 2. The Morgan fingerprint density at radius 2 is 2.06 bits per heavy atom. The Balaban J connectivity index is 1.88. The van der Waals surface area contributed by atoms with Crippen molar-refractivity contribution in [2.45, 2.75) is 33.2 Å². The predicted octanol–water partition coefficient (Wildman–Crippen LogP) is 2.76. The molecule has 1 aromatic carbocycles. The van der Waals surface area contributed by atoms with E-state index in [-0.39, 0.29) is 0 Å². The number of fused-ring (bicyclic) bond motifs is 1. The van der Waals surface area contributed by atoms with Crippen LogP contribution in [0.1, 0.15) is 37.9 Å². The van der Waals surface area contributed by atoms with E-state index in [1.807, 2.05) is 0 Å². The first kappa shape index (κ1) is 13.6. The van der Waals surface area contributed by atoms with E-state index in [1.165, 1.54) is 11.1 Å². The monoisotopic (exact) mass is 246 g/mol. The molecule has 0 aliphatic carbocycles. The first-order chi connectivity index (χ1) is 8.68. The highest BCUT2D eigenvalue weighted by molar-refractivity contribution is 5.32. The minimum atomic E-state index is 0.481. The Morgan fingerprint density at radius 3 is 2.83 bits per heavy atom. The van der Waals surface area contributed by atoms with Gasteiger partial charge >= 0.3 is 0 Å². The molecule has 0 fully saturated rings. The fourth-order valence-corrected chi connectivity index (χ4v) is 2.47. The summed E-state index contributed by atoms with van der Waals surface area (Å²) in [5.41, 5.74) is 2.99. The van der Waals surface area contributed by atoms with Crippen LogP contribution in [0.4, 0.5) is 0 Å². The highest BCUT2D eigenvalue weighted by atomic mass is 15.0. The molecule has 2 atom stereocenters. The summed E-state index contributed by atoms with van der Waals surface area (Å²) < 4.78 is 0. The van der Waals surface area contributed by atoms with Gasteiger partial charge in [-0.1, -0.05) is 45.0 Å². The van der Waals surface area contributed by atoms with Crippen LogP contribution in [0.5, 0.6) is 0 Å². The Kier molecular flexibility index (Phi) is 4.79. The summed E-state index contributed by atoms with van der Waals surface area (Å²) in [6.45, 7) is 10.1. The average Bonchev–Trinajstić information content (AvgIpc) is 2.38. The van der Waals surface area contributed by atoms with Crippen molar-refractivity contribution >= 4 is 0 Å². The third kappa shape index (κ3) is 3.33. The van der Waals surface area contributed by atoms with Crippen molar-refractivity contribution in [1.29, 1.82) is 0 Å². The van der Waals surface area contributed by atoms with Crippen molar-refractivity contribution in [2.24, 2.45) is 11.8 Å². The molecule has 2 heteroatoms. The van der Waals surface area contributed by atoms with E-state index in [0.29, 0.717) is 6.04 Å². The molecule has 2 rings (SSSR count). The van der Waals surface area contributed by atoms with Crippen LogP contribution >= 0.6 is 0 Å². The maximum atomic E-state index is 3.62. The smallest absolute Gasteiger partial charge is 0.0449 e. The molecule has 1 aromatic rings. The molecular weight excluding hydrogens is 220 g/mol. The average molecular weight is 246 g/mol. The highest BCUT2D eigenvalue weighted by Crippen LogP contribution is 2.21. The molecule has 2 nitrogen and oxygen atoms in total. The number of benzene rings is 1. The van der Waals surface area contributed by atoms with Crippen LogP contribution in [0, 0.1) is 11.8 Å². The second-order valence-electron chi connectivity index (χ2n) is 5.84. The Bertz CT molecular complexity index is 373. The van der Waals surface area contributed by atoms with Crippen LogP contribution in [0.3, 0.4) is 0 Å². The van der Waals surface area contributed by atoms with Gasteiger partial charge in [-0.05, 0) is 42.5 Å². The largest absolute Gasteiger partial charge is 0.315 e. The van der Waals surface area contributed by atoms with E-state index in [0.717, 1.165) is 37.9 Å². The molecule has 100 valence electrons. The summed E-state index contributed by atoms with van der Waals surface area (Å²) in [7, 11) is 0. The molecule has 0 bridgehead atoms. The van der Waals surface area contributed by atoms with E-state index in [9.17, 15) is 0 Å². The first-order valence-corrected chi connectivity index (χ1v) is 7.20. The van der Waals surface area contributed by atoms with Gasteiger partial charge in [-0.3, -0.25) is 0 Å². The second kappa shape index (κ2) is 6.35. The van der Waals surface area contributed by atoms with Crippen LogP contribution in [0.2, 0.25) is 0 Å². The fourth-order valence-electron chi connectivity index (χ4n) is 2.47. The van der Waals surface area contributed by atoms with Gasteiger partial charge in [0.05, 0.1) is 0 Å². The Morgan fingerprint density at radius 1 is 1.28 bits per heavy atom. The van der Waals surface area contributed by atoms with Crippen LogP contribution in [0.15, 0.2) is 24.3 Å². The zero-order chi connectivity index (χ0) is 13.0. The Labute approximate surface area is 111 Å². The zero-order valence-electron chi connectivity index (χ0n) is 11.9. The van der Waals surface area contributed by atoms with Gasteiger partial charge in [0, 0.05) is 12.6 Å². The van der Waals surface area contributed by atoms with E-state index in [1.54, 1.807) is 0 Å². The first-order valence-electron chi connectivity index (χ1n) is 7.20. The quantitative estimate of drug-likeness (QED) is 0.835. The summed E-state index contributed by atoms with van der Waals surface area (Å²) in [5.74, 6) is 1.49. The van der Waals surface area contributed by atoms with E-state index in [4.69, 9.17) is 0 Å². The van der Waals surface area contributed by atoms with Gasteiger partial charge in [0.2, 0.25) is 0 Å². The van der Waals surface area contributed by atoms with Crippen molar-refractivity contribution in [2.75, 3.05) is 19.6 Å². The van der Waals surface area contributed by atoms with E-state index >= 15 is 0 Å². The third-order valence-corrected chi connectivity index (χ3v) is 4.17. The standard InChI is InChI=1S/C16H26N2/c1-12(2)13(3)10-17-11-16-15-7-5-4-6-14(15)8-9-18-16/h4-7,12-13,16-18H,8-11H2,1-3H3. The topological polar surface area (TPSA) is 24.1 Å². The summed E-state index contributed by atoms with van der Waals surface area (Å²) in [4.78, 5) is 0. The molecule has 1 aliphatic heterocycles. The second-order valence-corrected chi connectivity index (χ2v) is 5.84. The lowest BCUT2D eigenvalue weighted by atomic mass is 9.94. The molecule has 1 aliphatic rings. The SMILES string of the molecule is CC(C)C(C)CNCC1NCCc2ccccc21. The van der Waals surface area contributed by atoms with Gasteiger partial charge < -0.3 is 10.6 Å². The van der Waals surface area contributed by atoms with Gasteiger partial charge in [-0.2, -0.15) is 0 Å². The van der Waals surface area contributed by atoms with Gasteiger partial charge in [-0.15, -0.1) is 0 Å². The van der Waals surface area contributed by atoms with E-state index < -0.39 is 0 Å². The summed E-state index contributed by atoms with van der Waals surface area (Å²) in [6.07, 6.45) is 1.16. The highest BCUT2D eigenvalue weighted by Gasteiger charge is 2.18. The molecule has 0 saturated carbocycles. The summed E-state index contributed by atoms with van der Waals surface area (Å²) >= 11 is 0. The molecule has 2 N–H and O–H groups in total. The maximum Gasteiger partial charge on any atom is 0.0449 e. The molecule has 0 saturated heterocycles. The normalized spacial score (nSPS) is 20.8. The zero-order valence-corrected chi connectivity index (χ0v) is 11.9. The molecule has 0 amide bonds. The predicted molar refractivity (Wildman–Crippen MR) is 77.8 cm³/mol. The number of hydrogen-bond acceptors (Lipinski definition) is 2.